The predicted octanol–water partition coefficient (Wildman–Crippen LogP) is 3.44. The molecule has 0 aliphatic carbocycles. The molecule has 0 bridgehead atoms. The van der Waals surface area contributed by atoms with Crippen LogP contribution >= 0.6 is 35.0 Å². The first-order valence-electron chi connectivity index (χ1n) is 11.9. The molecule has 1 aromatic heterocycles. The number of hydrogen-bond donors (Lipinski definition) is 1. The quantitative estimate of drug-likeness (QED) is 0.314. The van der Waals surface area contributed by atoms with E-state index < -0.39 is 0 Å². The zero-order valence-electron chi connectivity index (χ0n) is 19.8. The Kier molecular flexibility index (Phi) is 9.10. The van der Waals surface area contributed by atoms with Gasteiger partial charge in [0.25, 0.3) is 5.91 Å². The topological polar surface area (TPSA) is 81.7 Å². The Bertz CT molecular complexity index is 1040. The molecule has 0 saturated carbocycles. The number of piperazine rings is 1. The van der Waals surface area contributed by atoms with E-state index in [-0.39, 0.29) is 23.6 Å². The Balaban J connectivity index is 1.30. The van der Waals surface area contributed by atoms with Crippen molar-refractivity contribution in [3.05, 3.63) is 46.1 Å². The Labute approximate surface area is 220 Å². The van der Waals surface area contributed by atoms with Gasteiger partial charge in [0, 0.05) is 55.4 Å². The van der Waals surface area contributed by atoms with Crippen LogP contribution in [0.4, 0.5) is 5.82 Å². The zero-order chi connectivity index (χ0) is 24.8. The van der Waals surface area contributed by atoms with E-state index >= 15 is 0 Å². The van der Waals surface area contributed by atoms with Crippen molar-refractivity contribution in [3.8, 4) is 0 Å². The van der Waals surface area contributed by atoms with Gasteiger partial charge in [0.15, 0.2) is 5.16 Å². The molecule has 2 amide bonds. The first-order valence-corrected chi connectivity index (χ1v) is 13.6. The molecule has 2 aliphatic heterocycles. The maximum Gasteiger partial charge on any atom is 0.254 e. The monoisotopic (exact) mass is 536 g/mol. The highest BCUT2D eigenvalue weighted by Crippen LogP contribution is 2.25. The summed E-state index contributed by atoms with van der Waals surface area (Å²) in [4.78, 5) is 40.4. The number of benzene rings is 1. The van der Waals surface area contributed by atoms with Crippen LogP contribution < -0.4 is 10.2 Å². The van der Waals surface area contributed by atoms with Crippen molar-refractivity contribution in [2.24, 2.45) is 0 Å². The normalized spacial score (nSPS) is 18.7. The van der Waals surface area contributed by atoms with Gasteiger partial charge >= 0.3 is 0 Å². The number of carbonyl (C=O) groups excluding carboxylic acids is 2. The summed E-state index contributed by atoms with van der Waals surface area (Å²) >= 11 is 13.5. The van der Waals surface area contributed by atoms with Crippen LogP contribution in [-0.2, 0) is 4.79 Å². The molecule has 3 heterocycles. The van der Waals surface area contributed by atoms with Crippen molar-refractivity contribution in [3.63, 3.8) is 0 Å². The van der Waals surface area contributed by atoms with Crippen LogP contribution in [-0.4, -0.2) is 89.2 Å². The summed E-state index contributed by atoms with van der Waals surface area (Å²) < 4.78 is 0. The number of nitrogens with one attached hydrogen (secondary N) is 1. The maximum atomic E-state index is 12.9. The van der Waals surface area contributed by atoms with Crippen molar-refractivity contribution < 1.29 is 9.59 Å². The van der Waals surface area contributed by atoms with E-state index in [1.807, 2.05) is 11.8 Å². The number of rotatable bonds is 8. The lowest BCUT2D eigenvalue weighted by molar-refractivity contribution is -0.118. The summed E-state index contributed by atoms with van der Waals surface area (Å²) in [5, 5.41) is 4.37. The number of aromatic nitrogens is 2. The number of nitrogens with zero attached hydrogens (tertiary/aromatic N) is 5. The van der Waals surface area contributed by atoms with Crippen molar-refractivity contribution in [2.45, 2.75) is 31.0 Å². The van der Waals surface area contributed by atoms with Crippen LogP contribution in [0.3, 0.4) is 0 Å². The fraction of sp³-hybridized carbons (Fsp3) is 0.500. The van der Waals surface area contributed by atoms with Gasteiger partial charge in [0.05, 0.1) is 5.75 Å². The summed E-state index contributed by atoms with van der Waals surface area (Å²) in [6.07, 6.45) is 2.48. The van der Waals surface area contributed by atoms with Gasteiger partial charge < -0.3 is 20.0 Å². The van der Waals surface area contributed by atoms with Gasteiger partial charge in [-0.2, -0.15) is 0 Å². The SMILES string of the molecule is CC1CN(c2cc(Cl)nc(SCC(=O)NCCN3CCCC3)n2)CCN1C(=O)c1ccc(Cl)cc1. The summed E-state index contributed by atoms with van der Waals surface area (Å²) in [7, 11) is 0. The molecule has 2 saturated heterocycles. The summed E-state index contributed by atoms with van der Waals surface area (Å²) in [5.41, 5.74) is 0.622. The largest absolute Gasteiger partial charge is 0.354 e. The van der Waals surface area contributed by atoms with E-state index in [4.69, 9.17) is 23.2 Å². The summed E-state index contributed by atoms with van der Waals surface area (Å²) in [5.74, 6) is 0.885. The Hall–Kier alpha value is -2.07. The van der Waals surface area contributed by atoms with Gasteiger partial charge in [-0.15, -0.1) is 0 Å². The number of amides is 2. The van der Waals surface area contributed by atoms with Gasteiger partial charge in [-0.25, -0.2) is 9.97 Å². The molecule has 2 fully saturated rings. The number of anilines is 1. The zero-order valence-corrected chi connectivity index (χ0v) is 22.1. The molecule has 1 N–H and O–H groups in total. The van der Waals surface area contributed by atoms with Crippen LogP contribution in [0, 0.1) is 0 Å². The molecule has 8 nitrogen and oxygen atoms in total. The molecule has 35 heavy (non-hydrogen) atoms. The Morgan fingerprint density at radius 1 is 1.09 bits per heavy atom. The highest BCUT2D eigenvalue weighted by atomic mass is 35.5. The smallest absolute Gasteiger partial charge is 0.254 e. The van der Waals surface area contributed by atoms with Crippen molar-refractivity contribution in [1.29, 1.82) is 0 Å². The molecule has 0 spiro atoms. The minimum atomic E-state index is -0.0396. The van der Waals surface area contributed by atoms with Crippen LogP contribution in [0.25, 0.3) is 0 Å². The molecule has 0 radical (unpaired) electrons. The minimum absolute atomic E-state index is 0.0125. The van der Waals surface area contributed by atoms with Crippen molar-refractivity contribution >= 4 is 52.6 Å². The van der Waals surface area contributed by atoms with Gasteiger partial charge in [-0.05, 0) is 57.1 Å². The molecule has 1 unspecified atom stereocenters. The summed E-state index contributed by atoms with van der Waals surface area (Å²) in [6, 6.07) is 8.67. The number of thioether (sulfide) groups is 1. The number of halogens is 2. The lowest BCUT2D eigenvalue weighted by Gasteiger charge is -2.40. The second-order valence-corrected chi connectivity index (χ2v) is 10.6. The van der Waals surface area contributed by atoms with Gasteiger partial charge in [-0.3, -0.25) is 9.59 Å². The first-order chi connectivity index (χ1) is 16.9. The van der Waals surface area contributed by atoms with E-state index in [2.05, 4.69) is 25.1 Å². The lowest BCUT2D eigenvalue weighted by Crippen LogP contribution is -2.54. The third-order valence-corrected chi connectivity index (χ3v) is 7.54. The van der Waals surface area contributed by atoms with Crippen LogP contribution in [0.5, 0.6) is 0 Å². The van der Waals surface area contributed by atoms with E-state index in [9.17, 15) is 9.59 Å². The van der Waals surface area contributed by atoms with Crippen LogP contribution in [0.1, 0.15) is 30.1 Å². The predicted molar refractivity (Wildman–Crippen MR) is 141 cm³/mol. The van der Waals surface area contributed by atoms with Crippen LogP contribution in [0.15, 0.2) is 35.5 Å². The second-order valence-electron chi connectivity index (χ2n) is 8.82. The fourth-order valence-electron chi connectivity index (χ4n) is 4.38. The van der Waals surface area contributed by atoms with Crippen molar-refractivity contribution in [1.82, 2.24) is 25.1 Å². The Morgan fingerprint density at radius 3 is 2.54 bits per heavy atom. The van der Waals surface area contributed by atoms with Crippen LogP contribution in [0.2, 0.25) is 10.2 Å². The molecule has 11 heteroatoms. The second kappa shape index (κ2) is 12.3. The number of likely N-dealkylation sites (tertiary alicyclic amines) is 1. The molecule has 188 valence electrons. The van der Waals surface area contributed by atoms with E-state index in [0.717, 1.165) is 19.6 Å². The fourth-order valence-corrected chi connectivity index (χ4v) is 5.42. The molecule has 1 atom stereocenters. The average molecular weight is 538 g/mol. The van der Waals surface area contributed by atoms with Crippen molar-refractivity contribution in [2.75, 3.05) is 56.5 Å². The number of hydrogen-bond acceptors (Lipinski definition) is 7. The van der Waals surface area contributed by atoms with Gasteiger partial charge in [0.1, 0.15) is 11.0 Å². The standard InChI is InChI=1S/C24H30Cl2N6O2S/c1-17-15-31(12-13-32(17)23(34)18-4-6-19(25)7-5-18)21-14-20(26)28-24(29-21)35-16-22(33)27-8-11-30-9-2-3-10-30/h4-7,14,17H,2-3,8-13,15-16H2,1H3,(H,27,33). The minimum Gasteiger partial charge on any atom is -0.354 e. The molecule has 2 aliphatic rings. The first kappa shape index (κ1) is 26.0. The Morgan fingerprint density at radius 2 is 1.83 bits per heavy atom. The molecule has 2 aromatic rings. The molecule has 1 aromatic carbocycles. The highest BCUT2D eigenvalue weighted by molar-refractivity contribution is 7.99. The molecular weight excluding hydrogens is 507 g/mol. The maximum absolute atomic E-state index is 12.9. The van der Waals surface area contributed by atoms with Gasteiger partial charge in [0.2, 0.25) is 5.91 Å². The molecule has 4 rings (SSSR count). The van der Waals surface area contributed by atoms with E-state index in [1.165, 1.54) is 24.6 Å². The third kappa shape index (κ3) is 7.22. The molecular formula is C24H30Cl2N6O2S. The van der Waals surface area contributed by atoms with E-state index in [1.54, 1.807) is 30.3 Å². The summed E-state index contributed by atoms with van der Waals surface area (Å²) in [6.45, 7) is 7.59. The van der Waals surface area contributed by atoms with E-state index in [0.29, 0.717) is 52.9 Å². The van der Waals surface area contributed by atoms with Gasteiger partial charge in [-0.1, -0.05) is 35.0 Å². The average Bonchev–Trinajstić information content (AvgIpc) is 3.36. The third-order valence-electron chi connectivity index (χ3n) is 6.25. The lowest BCUT2D eigenvalue weighted by atomic mass is 10.1. The number of carbonyl (C=O) groups is 2. The highest BCUT2D eigenvalue weighted by Gasteiger charge is 2.29.